The lowest BCUT2D eigenvalue weighted by atomic mass is 10.0. The smallest absolute Gasteiger partial charge is 0.416 e. The van der Waals surface area contributed by atoms with Crippen LogP contribution in [0.3, 0.4) is 0 Å². The normalized spacial score (nSPS) is 14.7. The number of benzene rings is 2. The van der Waals surface area contributed by atoms with Gasteiger partial charge in [-0.05, 0) is 35.9 Å². The van der Waals surface area contributed by atoms with Gasteiger partial charge in [-0.1, -0.05) is 6.07 Å². The number of halogens is 4. The van der Waals surface area contributed by atoms with Gasteiger partial charge in [0.2, 0.25) is 5.91 Å². The standard InChI is InChI=1S/C24H22F4N4O3/c25-19-11-16(24(26,27)28)3-1-14(19)10-22(33)32-7-5-17(6-8-32)35-21-4-2-15(9-18(21)23(29)34)20-12-30-13-31-20/h1-4,9,11-13,17H,5-8,10H2,(H2,29,34)(H,30,31). The second kappa shape index (κ2) is 9.77. The Morgan fingerprint density at radius 2 is 1.89 bits per heavy atom. The summed E-state index contributed by atoms with van der Waals surface area (Å²) in [4.78, 5) is 33.0. The van der Waals surface area contributed by atoms with Gasteiger partial charge >= 0.3 is 6.18 Å². The van der Waals surface area contributed by atoms with Crippen LogP contribution in [0.15, 0.2) is 48.9 Å². The number of primary amides is 1. The van der Waals surface area contributed by atoms with E-state index in [2.05, 4.69) is 9.97 Å². The number of rotatable bonds is 6. The second-order valence-electron chi connectivity index (χ2n) is 8.22. The van der Waals surface area contributed by atoms with Gasteiger partial charge in [-0.25, -0.2) is 9.37 Å². The van der Waals surface area contributed by atoms with Crippen molar-refractivity contribution in [1.82, 2.24) is 14.9 Å². The third-order valence-corrected chi connectivity index (χ3v) is 5.86. The average Bonchev–Trinajstić information content (AvgIpc) is 3.35. The van der Waals surface area contributed by atoms with Crippen LogP contribution in [0.4, 0.5) is 17.6 Å². The maximum absolute atomic E-state index is 14.1. The molecule has 0 radical (unpaired) electrons. The summed E-state index contributed by atoms with van der Waals surface area (Å²) < 4.78 is 58.2. The van der Waals surface area contributed by atoms with E-state index in [1.165, 1.54) is 11.2 Å². The summed E-state index contributed by atoms with van der Waals surface area (Å²) in [6.07, 6.45) is -1.22. The summed E-state index contributed by atoms with van der Waals surface area (Å²) in [5.74, 6) is -1.77. The quantitative estimate of drug-likeness (QED) is 0.511. The molecule has 1 aliphatic heterocycles. The minimum Gasteiger partial charge on any atom is -0.489 e. The van der Waals surface area contributed by atoms with Gasteiger partial charge < -0.3 is 20.4 Å². The number of H-pyrrole nitrogens is 1. The fourth-order valence-corrected chi connectivity index (χ4v) is 3.95. The van der Waals surface area contributed by atoms with E-state index in [4.69, 9.17) is 10.5 Å². The first-order valence-corrected chi connectivity index (χ1v) is 10.8. The van der Waals surface area contributed by atoms with E-state index in [1.807, 2.05) is 0 Å². The molecule has 0 aliphatic carbocycles. The Balaban J connectivity index is 1.36. The number of hydrogen-bond acceptors (Lipinski definition) is 4. The van der Waals surface area contributed by atoms with Crippen LogP contribution in [-0.4, -0.2) is 45.9 Å². The number of imidazole rings is 1. The van der Waals surface area contributed by atoms with Crippen molar-refractivity contribution in [1.29, 1.82) is 0 Å². The van der Waals surface area contributed by atoms with Gasteiger partial charge in [-0.3, -0.25) is 9.59 Å². The molecule has 0 atom stereocenters. The first kappa shape index (κ1) is 24.2. The number of nitrogens with zero attached hydrogens (tertiary/aromatic N) is 2. The molecular weight excluding hydrogens is 468 g/mol. The van der Waals surface area contributed by atoms with Crippen LogP contribution < -0.4 is 10.5 Å². The number of nitrogens with two attached hydrogens (primary N) is 1. The van der Waals surface area contributed by atoms with E-state index in [9.17, 15) is 27.2 Å². The maximum atomic E-state index is 14.1. The highest BCUT2D eigenvalue weighted by atomic mass is 19.4. The zero-order chi connectivity index (χ0) is 25.2. The van der Waals surface area contributed by atoms with Crippen molar-refractivity contribution in [2.75, 3.05) is 13.1 Å². The molecule has 0 spiro atoms. The summed E-state index contributed by atoms with van der Waals surface area (Å²) in [7, 11) is 0. The topological polar surface area (TPSA) is 101 Å². The highest BCUT2D eigenvalue weighted by molar-refractivity contribution is 5.97. The van der Waals surface area contributed by atoms with Crippen molar-refractivity contribution in [3.05, 3.63) is 71.4 Å². The number of alkyl halides is 3. The Kier molecular flexibility index (Phi) is 6.77. The number of aromatic amines is 1. The van der Waals surface area contributed by atoms with Crippen molar-refractivity contribution in [3.8, 4) is 17.0 Å². The molecule has 0 bridgehead atoms. The van der Waals surface area contributed by atoms with E-state index < -0.39 is 23.5 Å². The SMILES string of the molecule is NC(=O)c1cc(-c2cnc[nH]2)ccc1OC1CCN(C(=O)Cc2ccc(C(F)(F)F)cc2F)CC1. The van der Waals surface area contributed by atoms with Crippen LogP contribution in [0.25, 0.3) is 11.3 Å². The molecule has 0 saturated carbocycles. The van der Waals surface area contributed by atoms with Gasteiger partial charge in [-0.2, -0.15) is 13.2 Å². The minimum absolute atomic E-state index is 0.0927. The second-order valence-corrected chi connectivity index (χ2v) is 8.22. The fraction of sp³-hybridized carbons (Fsp3) is 0.292. The summed E-state index contributed by atoms with van der Waals surface area (Å²) >= 11 is 0. The van der Waals surface area contributed by atoms with Gasteiger partial charge in [0.25, 0.3) is 5.91 Å². The van der Waals surface area contributed by atoms with Crippen LogP contribution in [0, 0.1) is 5.82 Å². The summed E-state index contributed by atoms with van der Waals surface area (Å²) in [6.45, 7) is 0.647. The lowest BCUT2D eigenvalue weighted by molar-refractivity contribution is -0.137. The Labute approximate surface area is 197 Å². The lowest BCUT2D eigenvalue weighted by Gasteiger charge is -2.32. The lowest BCUT2D eigenvalue weighted by Crippen LogP contribution is -2.42. The molecule has 2 amide bonds. The van der Waals surface area contributed by atoms with Crippen LogP contribution in [0.2, 0.25) is 0 Å². The van der Waals surface area contributed by atoms with Crippen LogP contribution in [-0.2, 0) is 17.4 Å². The van der Waals surface area contributed by atoms with Gasteiger partial charge in [-0.15, -0.1) is 0 Å². The monoisotopic (exact) mass is 490 g/mol. The molecule has 11 heteroatoms. The van der Waals surface area contributed by atoms with E-state index in [-0.39, 0.29) is 29.6 Å². The molecule has 1 fully saturated rings. The molecular formula is C24H22F4N4O3. The predicted octanol–water partition coefficient (Wildman–Crippen LogP) is 3.95. The molecule has 3 aromatic rings. The molecule has 1 aliphatic rings. The summed E-state index contributed by atoms with van der Waals surface area (Å²) in [5.41, 5.74) is 5.99. The minimum atomic E-state index is -4.65. The van der Waals surface area contributed by atoms with Crippen LogP contribution in [0.1, 0.15) is 34.3 Å². The molecule has 1 aromatic heterocycles. The number of nitrogens with one attached hydrogen (secondary N) is 1. The third-order valence-electron chi connectivity index (χ3n) is 5.86. The largest absolute Gasteiger partial charge is 0.489 e. The Bertz CT molecular complexity index is 1220. The molecule has 1 saturated heterocycles. The zero-order valence-electron chi connectivity index (χ0n) is 18.4. The van der Waals surface area contributed by atoms with Crippen LogP contribution >= 0.6 is 0 Å². The molecule has 2 heterocycles. The Hall–Kier alpha value is -3.89. The Morgan fingerprint density at radius 1 is 1.14 bits per heavy atom. The molecule has 2 aromatic carbocycles. The van der Waals surface area contributed by atoms with Gasteiger partial charge in [0.1, 0.15) is 17.7 Å². The van der Waals surface area contributed by atoms with Gasteiger partial charge in [0.15, 0.2) is 0 Å². The molecule has 35 heavy (non-hydrogen) atoms. The fourth-order valence-electron chi connectivity index (χ4n) is 3.95. The number of likely N-dealkylation sites (tertiary alicyclic amines) is 1. The number of ether oxygens (including phenoxy) is 1. The summed E-state index contributed by atoms with van der Waals surface area (Å²) in [5, 5.41) is 0. The maximum Gasteiger partial charge on any atom is 0.416 e. The molecule has 0 unspecified atom stereocenters. The molecule has 184 valence electrons. The number of aromatic nitrogens is 2. The van der Waals surface area contributed by atoms with E-state index in [0.29, 0.717) is 37.7 Å². The molecule has 7 nitrogen and oxygen atoms in total. The zero-order valence-corrected chi connectivity index (χ0v) is 18.4. The summed E-state index contributed by atoms with van der Waals surface area (Å²) in [6, 6.07) is 7.19. The highest BCUT2D eigenvalue weighted by Crippen LogP contribution is 2.31. The highest BCUT2D eigenvalue weighted by Gasteiger charge is 2.32. The van der Waals surface area contributed by atoms with Crippen LogP contribution in [0.5, 0.6) is 5.75 Å². The van der Waals surface area contributed by atoms with Gasteiger partial charge in [0, 0.05) is 31.5 Å². The predicted molar refractivity (Wildman–Crippen MR) is 118 cm³/mol. The van der Waals surface area contributed by atoms with Gasteiger partial charge in [0.05, 0.1) is 35.8 Å². The number of piperidine rings is 1. The van der Waals surface area contributed by atoms with Crippen molar-refractivity contribution >= 4 is 11.8 Å². The average molecular weight is 490 g/mol. The van der Waals surface area contributed by atoms with E-state index >= 15 is 0 Å². The van der Waals surface area contributed by atoms with Crippen molar-refractivity contribution < 1.29 is 31.9 Å². The number of carbonyl (C=O) groups is 2. The van der Waals surface area contributed by atoms with Crippen molar-refractivity contribution in [2.45, 2.75) is 31.5 Å². The first-order chi connectivity index (χ1) is 16.6. The first-order valence-electron chi connectivity index (χ1n) is 10.8. The number of hydrogen-bond donors (Lipinski definition) is 2. The third kappa shape index (κ3) is 5.61. The van der Waals surface area contributed by atoms with E-state index in [0.717, 1.165) is 23.4 Å². The molecule has 4 rings (SSSR count). The van der Waals surface area contributed by atoms with Crippen molar-refractivity contribution in [3.63, 3.8) is 0 Å². The number of amides is 2. The molecule has 3 N–H and O–H groups in total. The Morgan fingerprint density at radius 3 is 2.49 bits per heavy atom. The van der Waals surface area contributed by atoms with E-state index in [1.54, 1.807) is 24.4 Å². The number of carbonyl (C=O) groups excluding carboxylic acids is 2. The van der Waals surface area contributed by atoms with Crippen molar-refractivity contribution in [2.24, 2.45) is 5.73 Å².